The highest BCUT2D eigenvalue weighted by Crippen LogP contribution is 2.67. The average Bonchev–Trinajstić information content (AvgIpc) is 3.53. The Morgan fingerprint density at radius 1 is 0.786 bits per heavy atom. The predicted octanol–water partition coefficient (Wildman–Crippen LogP) is 1.59. The molecule has 2 aliphatic rings. The van der Waals surface area contributed by atoms with Crippen LogP contribution in [0.25, 0.3) is 10.4 Å². The van der Waals surface area contributed by atoms with Gasteiger partial charge >= 0.3 is 52.9 Å². The number of phosphoric ester groups is 2. The van der Waals surface area contributed by atoms with E-state index >= 15 is 0 Å². The number of terminal acetylenes is 1. The Labute approximate surface area is 327 Å². The van der Waals surface area contributed by atoms with E-state index in [4.69, 9.17) is 76.0 Å². The topological polar surface area (TPSA) is 422 Å². The molecule has 2 saturated heterocycles. The van der Waals surface area contributed by atoms with Crippen LogP contribution in [0.1, 0.15) is 25.7 Å². The van der Waals surface area contributed by atoms with Gasteiger partial charge in [0.15, 0.2) is 0 Å². The number of esters is 1. The Hall–Kier alpha value is -0.130. The van der Waals surface area contributed by atoms with Crippen LogP contribution in [0.3, 0.4) is 0 Å². The Bertz CT molecular complexity index is 1680. The van der Waals surface area contributed by atoms with E-state index in [1.807, 2.05) is 0 Å². The van der Waals surface area contributed by atoms with Gasteiger partial charge in [-0.2, -0.15) is 17.2 Å². The molecule has 6 unspecified atom stereocenters. The lowest BCUT2D eigenvalue weighted by atomic mass is 9.96. The lowest BCUT2D eigenvalue weighted by Gasteiger charge is -2.21. The van der Waals surface area contributed by atoms with Crippen LogP contribution in [0.4, 0.5) is 0 Å². The molecular formula is C18H33B2N3O25P6S2. The summed E-state index contributed by atoms with van der Waals surface area (Å²) in [5, 5.41) is 3.14. The van der Waals surface area contributed by atoms with Gasteiger partial charge in [-0.1, -0.05) is 26.7 Å². The first kappa shape index (κ1) is 53.9. The van der Waals surface area contributed by atoms with E-state index in [0.717, 1.165) is 5.75 Å². The molecule has 8 N–H and O–H groups in total. The molecule has 0 saturated carbocycles. The van der Waals surface area contributed by atoms with Gasteiger partial charge in [0.2, 0.25) is 0 Å². The summed E-state index contributed by atoms with van der Waals surface area (Å²) in [4.78, 5) is 84.8. The van der Waals surface area contributed by atoms with Crippen molar-refractivity contribution in [2.45, 2.75) is 62.1 Å². The maximum Gasteiger partial charge on any atom is 0.490 e. The van der Waals surface area contributed by atoms with Gasteiger partial charge in [-0.05, 0) is 12.0 Å². The molecule has 4 radical (unpaired) electrons. The summed E-state index contributed by atoms with van der Waals surface area (Å²) in [5.74, 6) is 2.70. The van der Waals surface area contributed by atoms with Crippen molar-refractivity contribution >= 4 is 90.2 Å². The van der Waals surface area contributed by atoms with Crippen molar-refractivity contribution in [2.24, 2.45) is 5.11 Å². The summed E-state index contributed by atoms with van der Waals surface area (Å²) in [6, 6.07) is -1.65. The molecule has 2 fully saturated rings. The molecule has 0 amide bonds. The van der Waals surface area contributed by atoms with Crippen LogP contribution < -0.4 is 0 Å². The van der Waals surface area contributed by atoms with Crippen LogP contribution in [-0.2, 0) is 77.4 Å². The second-order valence-corrected chi connectivity index (χ2v) is 21.5. The molecule has 318 valence electrons. The van der Waals surface area contributed by atoms with E-state index in [9.17, 15) is 42.0 Å². The van der Waals surface area contributed by atoms with Crippen molar-refractivity contribution in [1.29, 1.82) is 0 Å². The van der Waals surface area contributed by atoms with Crippen molar-refractivity contribution in [3.05, 3.63) is 10.4 Å². The standard InChI is InChI=1S/C10H18BO12P3S2.C8H15BN3O13P3/c1-2-3-4-27-28-7-19-8-5-10(11)21-9(8)6-20-25(15,16)23-26(17,18)22-24(12,13)14;9-7-3-5(23-8(13)1-2-11-12-10)6(22-7)4-21-27(17,18)25-28(19,20)24-26(14,15)16/h1,8-10H,3-7H2,(H,15,16)(H,17,18)(H2,12,13,14);5-7H,1-4H2,(H,17,18)(H,19,20)(H2,14,15,16)/t8?,9-,10-;5?,6-,7-/m11/s1. The number of ether oxygens (including phenoxy) is 4. The Morgan fingerprint density at radius 3 is 1.70 bits per heavy atom. The summed E-state index contributed by atoms with van der Waals surface area (Å²) >= 11 is 0. The maximum atomic E-state index is 11.7. The van der Waals surface area contributed by atoms with Crippen LogP contribution >= 0.6 is 68.5 Å². The fourth-order valence-corrected chi connectivity index (χ4v) is 11.4. The first-order valence-corrected chi connectivity index (χ1v) is 26.0. The third-order valence-electron chi connectivity index (χ3n) is 5.60. The van der Waals surface area contributed by atoms with Gasteiger partial charge < -0.3 is 58.1 Å². The Balaban J connectivity index is 0.000000560. The molecular weight excluding hydrogens is 930 g/mol. The van der Waals surface area contributed by atoms with Gasteiger partial charge in [0.25, 0.3) is 0 Å². The molecule has 2 heterocycles. The minimum atomic E-state index is -5.65. The highest BCUT2D eigenvalue weighted by atomic mass is 33.1. The molecule has 0 aromatic heterocycles. The number of rotatable bonds is 24. The Morgan fingerprint density at radius 2 is 1.25 bits per heavy atom. The minimum absolute atomic E-state index is 0.0162. The zero-order valence-electron chi connectivity index (χ0n) is 27.9. The fraction of sp³-hybridized carbons (Fsp3) is 0.833. The fourth-order valence-electron chi connectivity index (χ4n) is 3.75. The highest BCUT2D eigenvalue weighted by Gasteiger charge is 2.44. The lowest BCUT2D eigenvalue weighted by Crippen LogP contribution is -2.31. The molecule has 2 rings (SSSR count). The van der Waals surface area contributed by atoms with Gasteiger partial charge in [0, 0.05) is 42.1 Å². The first-order chi connectivity index (χ1) is 25.6. The number of hydrogen-bond donors (Lipinski definition) is 8. The van der Waals surface area contributed by atoms with Crippen molar-refractivity contribution in [2.75, 3.05) is 31.5 Å². The predicted molar refractivity (Wildman–Crippen MR) is 189 cm³/mol. The number of nitrogens with zero attached hydrogens (tertiary/aromatic N) is 3. The highest BCUT2D eigenvalue weighted by molar-refractivity contribution is 8.76. The van der Waals surface area contributed by atoms with E-state index in [1.54, 1.807) is 0 Å². The minimum Gasteiger partial charge on any atom is -0.459 e. The molecule has 0 aromatic rings. The molecule has 0 aliphatic carbocycles. The first-order valence-electron chi connectivity index (χ1n) is 14.4. The van der Waals surface area contributed by atoms with E-state index in [0.29, 0.717) is 6.42 Å². The number of carbonyl (C=O) groups is 1. The smallest absolute Gasteiger partial charge is 0.459 e. The van der Waals surface area contributed by atoms with Crippen LogP contribution in [0.2, 0.25) is 0 Å². The molecule has 10 atom stereocenters. The van der Waals surface area contributed by atoms with E-state index in [2.05, 4.69) is 42.2 Å². The van der Waals surface area contributed by atoms with Crippen LogP contribution in [0.5, 0.6) is 0 Å². The van der Waals surface area contributed by atoms with Crippen molar-refractivity contribution in [3.8, 4) is 12.3 Å². The number of carbonyl (C=O) groups excluding carboxylic acids is 1. The third kappa shape index (κ3) is 25.5. The van der Waals surface area contributed by atoms with Gasteiger partial charge in [-0.3, -0.25) is 13.8 Å². The molecule has 28 nitrogen and oxygen atoms in total. The second-order valence-electron chi connectivity index (χ2n) is 10.1. The SMILES string of the molecule is [B][C@H]1CC(OC(=O)CCN=[N+]=[N-])[C@@H](COP(=O)(O)OP(=O)(O)OP(=O)(O)O)O1.[B][C@H]1CC(OCSSCCC#C)[C@@H](COP(=O)(O)OP(=O)(O)OP(=O)(O)O)O1. The van der Waals surface area contributed by atoms with Gasteiger partial charge in [0.05, 0.1) is 25.7 Å². The van der Waals surface area contributed by atoms with Gasteiger partial charge in [-0.15, -0.1) is 12.3 Å². The largest absolute Gasteiger partial charge is 0.490 e. The lowest BCUT2D eigenvalue weighted by molar-refractivity contribution is -0.152. The van der Waals surface area contributed by atoms with Crippen LogP contribution in [-0.4, -0.2) is 129 Å². The van der Waals surface area contributed by atoms with Gasteiger partial charge in [-0.25, -0.2) is 27.4 Å². The zero-order valence-corrected chi connectivity index (χ0v) is 34.9. The summed E-state index contributed by atoms with van der Waals surface area (Å²) in [6.07, 6.45) is 2.05. The van der Waals surface area contributed by atoms with Crippen molar-refractivity contribution < 1.29 is 117 Å². The van der Waals surface area contributed by atoms with Crippen LogP contribution in [0.15, 0.2) is 5.11 Å². The Kier molecular flexibility index (Phi) is 23.4. The molecule has 38 heteroatoms. The average molecular weight is 963 g/mol. The summed E-state index contributed by atoms with van der Waals surface area (Å²) in [7, 11) is -18.7. The van der Waals surface area contributed by atoms with Crippen molar-refractivity contribution in [1.82, 2.24) is 0 Å². The van der Waals surface area contributed by atoms with E-state index in [1.165, 1.54) is 21.6 Å². The maximum absolute atomic E-state index is 11.7. The van der Waals surface area contributed by atoms with Crippen molar-refractivity contribution in [3.63, 3.8) is 0 Å². The summed E-state index contributed by atoms with van der Waals surface area (Å²) in [5.41, 5.74) is 8.13. The molecule has 56 heavy (non-hydrogen) atoms. The third-order valence-corrected chi connectivity index (χ3v) is 15.3. The number of phosphoric acid groups is 6. The van der Waals surface area contributed by atoms with Crippen LogP contribution in [0, 0.1) is 12.3 Å². The van der Waals surface area contributed by atoms with E-state index in [-0.39, 0.29) is 31.7 Å². The molecule has 0 spiro atoms. The molecule has 0 aromatic carbocycles. The quantitative estimate of drug-likeness (QED) is 0.00650. The number of hydrogen-bond acceptors (Lipinski definition) is 20. The number of azide groups is 1. The zero-order chi connectivity index (χ0) is 43.0. The summed E-state index contributed by atoms with van der Waals surface area (Å²) < 4.78 is 111. The second kappa shape index (κ2) is 24.3. The monoisotopic (exact) mass is 963 g/mol. The van der Waals surface area contributed by atoms with E-state index < -0.39 is 103 Å². The molecule has 2 aliphatic heterocycles. The summed E-state index contributed by atoms with van der Waals surface area (Å²) in [6.45, 7) is -1.59. The molecule has 0 bridgehead atoms. The normalized spacial score (nSPS) is 26.8. The van der Waals surface area contributed by atoms with Gasteiger partial charge in [0.1, 0.15) is 39.9 Å².